The Kier molecular flexibility index (Phi) is 6.85. The average molecular weight is 566 g/mol. The molecule has 2 N–H and O–H groups in total. The normalized spacial score (nSPS) is 19.5. The minimum Gasteiger partial charge on any atom is -0.382 e. The van der Waals surface area contributed by atoms with Gasteiger partial charge in [-0.2, -0.15) is 10.2 Å². The summed E-state index contributed by atoms with van der Waals surface area (Å²) in [7, 11) is 3.84. The number of hydrogen-bond donors (Lipinski definition) is 1. The van der Waals surface area contributed by atoms with Gasteiger partial charge in [0.05, 0.1) is 36.9 Å². The average Bonchev–Trinajstić information content (AvgIpc) is 3.58. The highest BCUT2D eigenvalue weighted by Gasteiger charge is 2.37. The summed E-state index contributed by atoms with van der Waals surface area (Å²) in [5.41, 5.74) is 12.2. The summed E-state index contributed by atoms with van der Waals surface area (Å²) in [4.78, 5) is 23.3. The topological polar surface area (TPSA) is 110 Å². The number of likely N-dealkylation sites (N-methyl/N-ethyl adjacent to an activating group) is 1. The molecule has 2 unspecified atom stereocenters. The van der Waals surface area contributed by atoms with Gasteiger partial charge in [-0.15, -0.1) is 0 Å². The molecule has 2 saturated heterocycles. The largest absolute Gasteiger partial charge is 0.382 e. The van der Waals surface area contributed by atoms with E-state index in [1.807, 2.05) is 51.3 Å². The first-order chi connectivity index (χ1) is 20.4. The monoisotopic (exact) mass is 565 g/mol. The number of nitrogens with zero attached hydrogens (tertiary/aromatic N) is 8. The van der Waals surface area contributed by atoms with E-state index < -0.39 is 0 Å². The van der Waals surface area contributed by atoms with Gasteiger partial charge in [-0.3, -0.25) is 14.4 Å². The molecule has 0 spiro atoms. The van der Waals surface area contributed by atoms with Gasteiger partial charge in [-0.25, -0.2) is 9.50 Å². The second-order valence-corrected chi connectivity index (χ2v) is 11.5. The number of morpholine rings is 1. The van der Waals surface area contributed by atoms with Gasteiger partial charge in [0.25, 0.3) is 0 Å². The van der Waals surface area contributed by atoms with Crippen LogP contribution < -0.4 is 5.73 Å². The number of fused-ring (bicyclic) bond motifs is 3. The molecule has 0 radical (unpaired) electrons. The van der Waals surface area contributed by atoms with Crippen LogP contribution in [-0.2, 0) is 16.1 Å². The number of anilines is 1. The smallest absolute Gasteiger partial charge is 0.236 e. The van der Waals surface area contributed by atoms with Gasteiger partial charge in [0, 0.05) is 43.3 Å². The standard InChI is InChI=1S/C31H35N9O2/c1-36(2)18-29(41)38-11-10-37-17-28(42-19-24(37)16-38)27-13-25(30-31(32)33-20-34-40(27)30)22-8-9-23-15-39(35-26(23)12-22)14-21-6-4-3-5-7-21/h3-9,12-13,15,20,24,28H,10-11,14,16-19H2,1-2H3,(H2,32,33,34). The molecule has 0 aliphatic carbocycles. The summed E-state index contributed by atoms with van der Waals surface area (Å²) >= 11 is 0. The number of aromatic nitrogens is 5. The molecule has 2 atom stereocenters. The van der Waals surface area contributed by atoms with Gasteiger partial charge >= 0.3 is 0 Å². The number of carbonyl (C=O) groups excluding carboxylic acids is 1. The van der Waals surface area contributed by atoms with E-state index in [4.69, 9.17) is 15.6 Å². The van der Waals surface area contributed by atoms with E-state index in [1.54, 1.807) is 0 Å². The zero-order valence-corrected chi connectivity index (χ0v) is 23.9. The van der Waals surface area contributed by atoms with Crippen molar-refractivity contribution in [3.05, 3.63) is 78.4 Å². The minimum absolute atomic E-state index is 0.165. The molecule has 3 aromatic heterocycles. The Balaban J connectivity index is 1.16. The first-order valence-electron chi connectivity index (χ1n) is 14.3. The number of nitrogen functional groups attached to an aromatic ring is 1. The van der Waals surface area contributed by atoms with Crippen LogP contribution in [0, 0.1) is 0 Å². The minimum atomic E-state index is -0.186. The first-order valence-corrected chi connectivity index (χ1v) is 14.3. The maximum Gasteiger partial charge on any atom is 0.236 e. The summed E-state index contributed by atoms with van der Waals surface area (Å²) in [6, 6.07) is 18.9. The lowest BCUT2D eigenvalue weighted by molar-refractivity contribution is -0.140. The predicted octanol–water partition coefficient (Wildman–Crippen LogP) is 2.52. The molecular weight excluding hydrogens is 530 g/mol. The Morgan fingerprint density at radius 2 is 1.95 bits per heavy atom. The van der Waals surface area contributed by atoms with E-state index >= 15 is 0 Å². The molecule has 1 amide bonds. The fourth-order valence-corrected chi connectivity index (χ4v) is 6.19. The molecule has 0 saturated carbocycles. The summed E-state index contributed by atoms with van der Waals surface area (Å²) in [6.45, 7) is 4.63. The van der Waals surface area contributed by atoms with E-state index in [2.05, 4.69) is 57.6 Å². The summed E-state index contributed by atoms with van der Waals surface area (Å²) in [5, 5.41) is 10.5. The molecule has 0 bridgehead atoms. The highest BCUT2D eigenvalue weighted by molar-refractivity contribution is 5.92. The fourth-order valence-electron chi connectivity index (χ4n) is 6.19. The van der Waals surface area contributed by atoms with E-state index in [1.165, 1.54) is 11.9 Å². The maximum absolute atomic E-state index is 12.6. The summed E-state index contributed by atoms with van der Waals surface area (Å²) < 4.78 is 10.3. The van der Waals surface area contributed by atoms with E-state index in [-0.39, 0.29) is 18.1 Å². The number of amides is 1. The zero-order chi connectivity index (χ0) is 28.8. The molecule has 11 heteroatoms. The van der Waals surface area contributed by atoms with Gasteiger partial charge in [-0.05, 0) is 37.4 Å². The zero-order valence-electron chi connectivity index (χ0n) is 23.9. The molecule has 42 heavy (non-hydrogen) atoms. The van der Waals surface area contributed by atoms with Gasteiger partial charge in [0.1, 0.15) is 17.9 Å². The van der Waals surface area contributed by atoms with Gasteiger partial charge in [-0.1, -0.05) is 42.5 Å². The van der Waals surface area contributed by atoms with Crippen molar-refractivity contribution in [2.24, 2.45) is 0 Å². The Bertz CT molecular complexity index is 1750. The second-order valence-electron chi connectivity index (χ2n) is 11.5. The quantitative estimate of drug-likeness (QED) is 0.335. The molecule has 2 aromatic carbocycles. The third-order valence-corrected chi connectivity index (χ3v) is 8.29. The van der Waals surface area contributed by atoms with Crippen molar-refractivity contribution >= 4 is 28.1 Å². The molecular formula is C31H35N9O2. The maximum atomic E-state index is 12.6. The third-order valence-electron chi connectivity index (χ3n) is 8.29. The van der Waals surface area contributed by atoms with Gasteiger partial charge in [0.2, 0.25) is 5.91 Å². The van der Waals surface area contributed by atoms with Crippen molar-refractivity contribution in [3.63, 3.8) is 0 Å². The van der Waals surface area contributed by atoms with Crippen molar-refractivity contribution in [1.82, 2.24) is 39.1 Å². The van der Waals surface area contributed by atoms with Crippen LogP contribution in [0.3, 0.4) is 0 Å². The van der Waals surface area contributed by atoms with Crippen LogP contribution in [0.1, 0.15) is 17.4 Å². The van der Waals surface area contributed by atoms with Gasteiger partial charge < -0.3 is 20.3 Å². The molecule has 11 nitrogen and oxygen atoms in total. The molecule has 2 aliphatic heterocycles. The lowest BCUT2D eigenvalue weighted by Gasteiger charge is -2.46. The third kappa shape index (κ3) is 5.00. The van der Waals surface area contributed by atoms with Crippen molar-refractivity contribution in [2.75, 3.05) is 59.2 Å². The number of carbonyl (C=O) groups is 1. The van der Waals surface area contributed by atoms with Crippen molar-refractivity contribution < 1.29 is 9.53 Å². The van der Waals surface area contributed by atoms with Crippen LogP contribution in [-0.4, -0.2) is 104 Å². The molecule has 2 fully saturated rings. The highest BCUT2D eigenvalue weighted by Crippen LogP contribution is 2.36. The fraction of sp³-hybridized carbons (Fsp3) is 0.355. The molecule has 5 aromatic rings. The summed E-state index contributed by atoms with van der Waals surface area (Å²) in [5.74, 6) is 0.584. The number of rotatable bonds is 6. The first kappa shape index (κ1) is 26.6. The van der Waals surface area contributed by atoms with Crippen LogP contribution in [0.5, 0.6) is 0 Å². The Morgan fingerprint density at radius 1 is 1.10 bits per heavy atom. The molecule has 7 rings (SSSR count). The SMILES string of the molecule is CN(C)CC(=O)N1CCN2CC(c3cc(-c4ccc5cn(Cc6ccccc6)nc5c4)c4c(N)ncnn34)OCC2C1. The lowest BCUT2D eigenvalue weighted by Crippen LogP contribution is -2.60. The lowest BCUT2D eigenvalue weighted by atomic mass is 10.0. The Hall–Kier alpha value is -4.32. The van der Waals surface area contributed by atoms with Gasteiger partial charge in [0.15, 0.2) is 5.82 Å². The summed E-state index contributed by atoms with van der Waals surface area (Å²) in [6.07, 6.45) is 3.38. The van der Waals surface area contributed by atoms with Crippen LogP contribution in [0.4, 0.5) is 5.82 Å². The number of nitrogens with two attached hydrogens (primary N) is 1. The number of benzene rings is 2. The van der Waals surface area contributed by atoms with E-state index in [0.29, 0.717) is 32.1 Å². The van der Waals surface area contributed by atoms with Crippen LogP contribution in [0.2, 0.25) is 0 Å². The Labute approximate surface area is 244 Å². The number of hydrogen-bond acceptors (Lipinski definition) is 8. The predicted molar refractivity (Wildman–Crippen MR) is 161 cm³/mol. The van der Waals surface area contributed by atoms with Crippen molar-refractivity contribution in [3.8, 4) is 11.1 Å². The van der Waals surface area contributed by atoms with E-state index in [9.17, 15) is 4.79 Å². The second kappa shape index (κ2) is 10.8. The molecule has 2 aliphatic rings. The number of ether oxygens (including phenoxy) is 1. The Morgan fingerprint density at radius 3 is 2.79 bits per heavy atom. The van der Waals surface area contributed by atoms with Crippen LogP contribution >= 0.6 is 0 Å². The van der Waals surface area contributed by atoms with Crippen LogP contribution in [0.25, 0.3) is 27.5 Å². The van der Waals surface area contributed by atoms with Crippen molar-refractivity contribution in [2.45, 2.75) is 18.7 Å². The van der Waals surface area contributed by atoms with Crippen molar-refractivity contribution in [1.29, 1.82) is 0 Å². The highest BCUT2D eigenvalue weighted by atomic mass is 16.5. The van der Waals surface area contributed by atoms with Crippen LogP contribution in [0.15, 0.2) is 67.1 Å². The number of piperazine rings is 1. The molecule has 5 heterocycles. The molecule has 216 valence electrons. The van der Waals surface area contributed by atoms with E-state index in [0.717, 1.165) is 52.9 Å².